The first kappa shape index (κ1) is 30.2. The average Bonchev–Trinajstić information content (AvgIpc) is 3.62. The monoisotopic (exact) mass is 652 g/mol. The molecule has 0 N–H and O–H groups in total. The lowest BCUT2D eigenvalue weighted by atomic mass is 9.99. The van der Waals surface area contributed by atoms with Crippen molar-refractivity contribution in [3.63, 3.8) is 0 Å². The molecule has 0 spiro atoms. The van der Waals surface area contributed by atoms with Gasteiger partial charge in [-0.15, -0.1) is 0 Å². The number of rotatable bonds is 7. The summed E-state index contributed by atoms with van der Waals surface area (Å²) in [4.78, 5) is 15.3. The molecule has 0 atom stereocenters. The van der Waals surface area contributed by atoms with Crippen molar-refractivity contribution < 1.29 is 0 Å². The molecule has 51 heavy (non-hydrogen) atoms. The standard InChI is InChI=1S/C47H32N4/c1-4-14-33(15-5-1)37-18-12-20-39(30-37)44-32-43(35-16-6-2-7-17-35)48-46(49-44)40-21-13-19-38(31-40)34-26-28-36(29-27-34)47-50-42-24-10-11-25-45(42)51(47)41-22-8-3-9-23-41/h1-32H. The van der Waals surface area contributed by atoms with E-state index in [1.165, 1.54) is 5.56 Å². The highest BCUT2D eigenvalue weighted by atomic mass is 15.1. The SMILES string of the molecule is c1ccc(-c2cccc(-c3cc(-c4ccccc4)nc(-c4cccc(-c5ccc(-c6nc7ccccc7n6-c6ccccc6)cc5)c4)n3)c2)cc1. The van der Waals surface area contributed by atoms with Crippen molar-refractivity contribution in [2.24, 2.45) is 0 Å². The number of fused-ring (bicyclic) bond motifs is 1. The van der Waals surface area contributed by atoms with Gasteiger partial charge in [0.25, 0.3) is 0 Å². The molecule has 0 aliphatic rings. The van der Waals surface area contributed by atoms with E-state index in [-0.39, 0.29) is 0 Å². The molecule has 0 unspecified atom stereocenters. The molecular formula is C47H32N4. The maximum Gasteiger partial charge on any atom is 0.160 e. The van der Waals surface area contributed by atoms with Gasteiger partial charge < -0.3 is 0 Å². The molecule has 0 saturated heterocycles. The fourth-order valence-electron chi connectivity index (χ4n) is 6.68. The topological polar surface area (TPSA) is 43.6 Å². The summed E-state index contributed by atoms with van der Waals surface area (Å²) >= 11 is 0. The zero-order valence-electron chi connectivity index (χ0n) is 27.8. The van der Waals surface area contributed by atoms with Gasteiger partial charge in [0.15, 0.2) is 5.82 Å². The van der Waals surface area contributed by atoms with Crippen LogP contribution in [0.25, 0.3) is 84.3 Å². The van der Waals surface area contributed by atoms with E-state index in [4.69, 9.17) is 15.0 Å². The van der Waals surface area contributed by atoms with Crippen molar-refractivity contribution >= 4 is 11.0 Å². The molecule has 0 fully saturated rings. The Kier molecular flexibility index (Phi) is 7.80. The van der Waals surface area contributed by atoms with E-state index in [0.717, 1.165) is 72.9 Å². The number of imidazole rings is 1. The van der Waals surface area contributed by atoms with Crippen molar-refractivity contribution in [3.8, 4) is 73.2 Å². The molecule has 0 amide bonds. The van der Waals surface area contributed by atoms with E-state index in [1.807, 2.05) is 36.4 Å². The van der Waals surface area contributed by atoms with Crippen molar-refractivity contribution in [1.82, 2.24) is 19.5 Å². The Hall–Kier alpha value is -6.91. The lowest BCUT2D eigenvalue weighted by Crippen LogP contribution is -1.97. The largest absolute Gasteiger partial charge is 0.292 e. The van der Waals surface area contributed by atoms with Crippen molar-refractivity contribution in [3.05, 3.63) is 194 Å². The van der Waals surface area contributed by atoms with Crippen LogP contribution < -0.4 is 0 Å². The van der Waals surface area contributed by atoms with Crippen molar-refractivity contribution in [2.45, 2.75) is 0 Å². The summed E-state index contributed by atoms with van der Waals surface area (Å²) in [7, 11) is 0. The molecule has 9 aromatic rings. The minimum Gasteiger partial charge on any atom is -0.292 e. The molecule has 0 bridgehead atoms. The van der Waals surface area contributed by atoms with E-state index in [1.54, 1.807) is 0 Å². The Labute approximate surface area is 297 Å². The molecule has 9 rings (SSSR count). The number of aromatic nitrogens is 4. The van der Waals surface area contributed by atoms with Crippen LogP contribution in [0.2, 0.25) is 0 Å². The van der Waals surface area contributed by atoms with Crippen LogP contribution >= 0.6 is 0 Å². The van der Waals surface area contributed by atoms with Gasteiger partial charge in [-0.3, -0.25) is 4.57 Å². The fraction of sp³-hybridized carbons (Fsp3) is 0. The molecule has 240 valence electrons. The number of nitrogens with zero attached hydrogens (tertiary/aromatic N) is 4. The summed E-state index contributed by atoms with van der Waals surface area (Å²) in [6.45, 7) is 0. The van der Waals surface area contributed by atoms with E-state index < -0.39 is 0 Å². The maximum atomic E-state index is 5.16. The van der Waals surface area contributed by atoms with E-state index in [9.17, 15) is 0 Å². The molecule has 0 aliphatic heterocycles. The average molecular weight is 653 g/mol. The van der Waals surface area contributed by atoms with Gasteiger partial charge >= 0.3 is 0 Å². The van der Waals surface area contributed by atoms with E-state index in [0.29, 0.717) is 5.82 Å². The molecule has 2 heterocycles. The van der Waals surface area contributed by atoms with Crippen LogP contribution in [0.1, 0.15) is 0 Å². The predicted molar refractivity (Wildman–Crippen MR) is 209 cm³/mol. The summed E-state index contributed by atoms with van der Waals surface area (Å²) in [5.41, 5.74) is 13.5. The zero-order valence-corrected chi connectivity index (χ0v) is 27.8. The lowest BCUT2D eigenvalue weighted by Gasteiger charge is -2.12. The van der Waals surface area contributed by atoms with Gasteiger partial charge in [0.1, 0.15) is 5.82 Å². The highest BCUT2D eigenvalue weighted by molar-refractivity contribution is 5.84. The third kappa shape index (κ3) is 6.00. The first-order valence-electron chi connectivity index (χ1n) is 17.1. The zero-order chi connectivity index (χ0) is 34.0. The number of benzene rings is 7. The van der Waals surface area contributed by atoms with Crippen LogP contribution in [0.15, 0.2) is 194 Å². The molecular weight excluding hydrogens is 621 g/mol. The van der Waals surface area contributed by atoms with E-state index >= 15 is 0 Å². The van der Waals surface area contributed by atoms with Crippen LogP contribution in [0.5, 0.6) is 0 Å². The van der Waals surface area contributed by atoms with E-state index in [2.05, 4.69) is 162 Å². The van der Waals surface area contributed by atoms with Crippen LogP contribution in [-0.4, -0.2) is 19.5 Å². The van der Waals surface area contributed by atoms with Gasteiger partial charge in [-0.2, -0.15) is 0 Å². The smallest absolute Gasteiger partial charge is 0.160 e. The second-order valence-electron chi connectivity index (χ2n) is 12.5. The van der Waals surface area contributed by atoms with Gasteiger partial charge in [0.05, 0.1) is 22.4 Å². The lowest BCUT2D eigenvalue weighted by molar-refractivity contribution is 1.10. The third-order valence-electron chi connectivity index (χ3n) is 9.23. The van der Waals surface area contributed by atoms with Gasteiger partial charge in [-0.1, -0.05) is 152 Å². The summed E-state index contributed by atoms with van der Waals surface area (Å²) in [5.74, 6) is 1.60. The molecule has 0 radical (unpaired) electrons. The minimum atomic E-state index is 0.687. The quantitative estimate of drug-likeness (QED) is 0.172. The minimum absolute atomic E-state index is 0.687. The Balaban J connectivity index is 1.10. The first-order chi connectivity index (χ1) is 25.3. The van der Waals surface area contributed by atoms with Gasteiger partial charge in [-0.25, -0.2) is 15.0 Å². The van der Waals surface area contributed by atoms with Gasteiger partial charge in [0.2, 0.25) is 0 Å². The van der Waals surface area contributed by atoms with Crippen LogP contribution in [0, 0.1) is 0 Å². The van der Waals surface area contributed by atoms with Crippen molar-refractivity contribution in [1.29, 1.82) is 0 Å². The number of hydrogen-bond acceptors (Lipinski definition) is 3. The number of hydrogen-bond donors (Lipinski definition) is 0. The summed E-state index contributed by atoms with van der Waals surface area (Å²) in [5, 5.41) is 0. The van der Waals surface area contributed by atoms with Crippen LogP contribution in [-0.2, 0) is 0 Å². The van der Waals surface area contributed by atoms with Gasteiger partial charge in [0, 0.05) is 27.9 Å². The summed E-state index contributed by atoms with van der Waals surface area (Å²) < 4.78 is 2.23. The molecule has 0 saturated carbocycles. The Morgan fingerprint density at radius 3 is 1.51 bits per heavy atom. The molecule has 0 aliphatic carbocycles. The normalized spacial score (nSPS) is 11.1. The predicted octanol–water partition coefficient (Wildman–Crippen LogP) is 11.8. The highest BCUT2D eigenvalue weighted by Crippen LogP contribution is 2.33. The molecule has 2 aromatic heterocycles. The Morgan fingerprint density at radius 2 is 0.804 bits per heavy atom. The molecule has 7 aromatic carbocycles. The summed E-state index contributed by atoms with van der Waals surface area (Å²) in [6.07, 6.45) is 0. The second kappa shape index (κ2) is 13.2. The third-order valence-corrected chi connectivity index (χ3v) is 9.23. The second-order valence-corrected chi connectivity index (χ2v) is 12.5. The Bertz CT molecular complexity index is 2610. The van der Waals surface area contributed by atoms with Crippen molar-refractivity contribution in [2.75, 3.05) is 0 Å². The summed E-state index contributed by atoms with van der Waals surface area (Å²) in [6, 6.07) is 67.3. The highest BCUT2D eigenvalue weighted by Gasteiger charge is 2.15. The number of para-hydroxylation sites is 3. The van der Waals surface area contributed by atoms with Crippen LogP contribution in [0.4, 0.5) is 0 Å². The molecule has 4 nitrogen and oxygen atoms in total. The fourth-order valence-corrected chi connectivity index (χ4v) is 6.68. The maximum absolute atomic E-state index is 5.16. The Morgan fingerprint density at radius 1 is 0.314 bits per heavy atom. The first-order valence-corrected chi connectivity index (χ1v) is 17.1. The van der Waals surface area contributed by atoms with Gasteiger partial charge in [-0.05, 0) is 64.7 Å². The van der Waals surface area contributed by atoms with Crippen LogP contribution in [0.3, 0.4) is 0 Å². The molecule has 4 heteroatoms.